The van der Waals surface area contributed by atoms with E-state index in [0.717, 1.165) is 55.7 Å². The molecule has 5 fully saturated rings. The van der Waals surface area contributed by atoms with E-state index >= 15 is 0 Å². The van der Waals surface area contributed by atoms with E-state index in [2.05, 4.69) is 9.97 Å². The van der Waals surface area contributed by atoms with E-state index in [1.807, 2.05) is 0 Å². The molecule has 1 saturated heterocycles. The third kappa shape index (κ3) is 2.93. The number of carbonyl (C=O) groups excluding carboxylic acids is 1. The predicted molar refractivity (Wildman–Crippen MR) is 101 cm³/mol. The van der Waals surface area contributed by atoms with Gasteiger partial charge in [0, 0.05) is 31.8 Å². The third-order valence-corrected chi connectivity index (χ3v) is 7.63. The largest absolute Gasteiger partial charge is 0.381 e. The third-order valence-electron chi connectivity index (χ3n) is 7.63. The van der Waals surface area contributed by atoms with Gasteiger partial charge in [0.25, 0.3) is 11.5 Å². The minimum Gasteiger partial charge on any atom is -0.381 e. The molecule has 146 valence electrons. The fraction of sp³-hybridized carbons (Fsp3) is 0.762. The average molecular weight is 371 g/mol. The summed E-state index contributed by atoms with van der Waals surface area (Å²) < 4.78 is 5.36. The number of carbonyl (C=O) groups is 1. The number of ether oxygens (including phenoxy) is 1. The number of H-pyrrole nitrogens is 1. The molecule has 4 aliphatic carbocycles. The molecule has 0 aromatic carbocycles. The Balaban J connectivity index is 1.37. The quantitative estimate of drug-likeness (QED) is 0.886. The maximum atomic E-state index is 12.8. The number of amides is 1. The first kappa shape index (κ1) is 17.4. The Morgan fingerprint density at radius 2 is 1.74 bits per heavy atom. The molecule has 5 aliphatic rings. The van der Waals surface area contributed by atoms with Crippen LogP contribution >= 0.6 is 0 Å². The number of piperidine rings is 1. The second-order valence-electron chi connectivity index (χ2n) is 9.40. The van der Waals surface area contributed by atoms with Gasteiger partial charge in [0.05, 0.1) is 6.10 Å². The summed E-state index contributed by atoms with van der Waals surface area (Å²) in [6.07, 6.45) is 10.9. The van der Waals surface area contributed by atoms with Gasteiger partial charge in [-0.2, -0.15) is 0 Å². The SMILES string of the molecule is COC1CCN(C(=O)c2cnc(C34CC5CC(CC(C5)C3)C4)[nH]c2=O)CC1. The predicted octanol–water partition coefficient (Wildman–Crippen LogP) is 2.49. The van der Waals surface area contributed by atoms with Crippen LogP contribution in [0.1, 0.15) is 67.5 Å². The summed E-state index contributed by atoms with van der Waals surface area (Å²) in [5.74, 6) is 3.02. The van der Waals surface area contributed by atoms with Gasteiger partial charge >= 0.3 is 0 Å². The van der Waals surface area contributed by atoms with Crippen molar-refractivity contribution in [2.75, 3.05) is 20.2 Å². The van der Waals surface area contributed by atoms with Crippen LogP contribution in [-0.4, -0.2) is 47.1 Å². The molecular weight excluding hydrogens is 342 g/mol. The zero-order valence-corrected chi connectivity index (χ0v) is 16.1. The number of likely N-dealkylation sites (tertiary alicyclic amines) is 1. The molecule has 27 heavy (non-hydrogen) atoms. The molecule has 6 rings (SSSR count). The molecule has 0 radical (unpaired) electrons. The van der Waals surface area contributed by atoms with Gasteiger partial charge in [0.1, 0.15) is 11.4 Å². The number of nitrogens with one attached hydrogen (secondary N) is 1. The average Bonchev–Trinajstić information content (AvgIpc) is 2.66. The molecule has 2 heterocycles. The normalized spacial score (nSPS) is 35.6. The first-order valence-corrected chi connectivity index (χ1v) is 10.5. The van der Waals surface area contributed by atoms with E-state index in [1.165, 1.54) is 25.5 Å². The van der Waals surface area contributed by atoms with E-state index in [0.29, 0.717) is 13.1 Å². The zero-order valence-electron chi connectivity index (χ0n) is 16.1. The van der Waals surface area contributed by atoms with E-state index in [1.54, 1.807) is 12.0 Å². The van der Waals surface area contributed by atoms with Crippen LogP contribution in [0.25, 0.3) is 0 Å². The maximum absolute atomic E-state index is 12.8. The maximum Gasteiger partial charge on any atom is 0.263 e. The van der Waals surface area contributed by atoms with E-state index in [4.69, 9.17) is 4.74 Å². The van der Waals surface area contributed by atoms with Crippen LogP contribution in [0.5, 0.6) is 0 Å². The number of hydrogen-bond acceptors (Lipinski definition) is 4. The van der Waals surface area contributed by atoms with Gasteiger partial charge in [-0.15, -0.1) is 0 Å². The molecule has 1 aromatic heterocycles. The molecule has 1 aliphatic heterocycles. The Hall–Kier alpha value is -1.69. The summed E-state index contributed by atoms with van der Waals surface area (Å²) in [5, 5.41) is 0. The Labute approximate surface area is 159 Å². The highest BCUT2D eigenvalue weighted by Crippen LogP contribution is 2.59. The van der Waals surface area contributed by atoms with Gasteiger partial charge in [-0.25, -0.2) is 4.98 Å². The number of hydrogen-bond donors (Lipinski definition) is 1. The van der Waals surface area contributed by atoms with Crippen molar-refractivity contribution in [2.45, 2.75) is 62.9 Å². The number of aromatic nitrogens is 2. The molecular formula is C21H29N3O3. The summed E-state index contributed by atoms with van der Waals surface area (Å²) in [5.41, 5.74) is -0.0410. The van der Waals surface area contributed by atoms with Gasteiger partial charge in [0.2, 0.25) is 0 Å². The van der Waals surface area contributed by atoms with E-state index in [-0.39, 0.29) is 28.5 Å². The van der Waals surface area contributed by atoms with Crippen molar-refractivity contribution >= 4 is 5.91 Å². The van der Waals surface area contributed by atoms with Gasteiger partial charge in [-0.05, 0) is 69.1 Å². The molecule has 0 unspecified atom stereocenters. The summed E-state index contributed by atoms with van der Waals surface area (Å²) in [7, 11) is 1.71. The van der Waals surface area contributed by atoms with E-state index < -0.39 is 0 Å². The Kier molecular flexibility index (Phi) is 4.15. The van der Waals surface area contributed by atoms with Gasteiger partial charge in [0.15, 0.2) is 0 Å². The Morgan fingerprint density at radius 1 is 1.15 bits per heavy atom. The highest BCUT2D eigenvalue weighted by Gasteiger charge is 2.53. The molecule has 6 nitrogen and oxygen atoms in total. The number of methoxy groups -OCH3 is 1. The van der Waals surface area contributed by atoms with E-state index in [9.17, 15) is 9.59 Å². The van der Waals surface area contributed by atoms with Crippen LogP contribution in [0.2, 0.25) is 0 Å². The molecule has 1 N–H and O–H groups in total. The van der Waals surface area contributed by atoms with Crippen molar-refractivity contribution in [3.8, 4) is 0 Å². The molecule has 1 amide bonds. The topological polar surface area (TPSA) is 75.3 Å². The second-order valence-corrected chi connectivity index (χ2v) is 9.40. The lowest BCUT2D eigenvalue weighted by Crippen LogP contribution is -2.50. The lowest BCUT2D eigenvalue weighted by molar-refractivity contribution is -0.00956. The van der Waals surface area contributed by atoms with Crippen LogP contribution in [0.15, 0.2) is 11.0 Å². The van der Waals surface area contributed by atoms with Crippen LogP contribution < -0.4 is 5.56 Å². The monoisotopic (exact) mass is 371 g/mol. The summed E-state index contributed by atoms with van der Waals surface area (Å²) in [6, 6.07) is 0. The minimum absolute atomic E-state index is 0.0479. The van der Waals surface area contributed by atoms with Crippen molar-refractivity contribution in [3.05, 3.63) is 27.9 Å². The molecule has 4 saturated carbocycles. The minimum atomic E-state index is -0.269. The smallest absolute Gasteiger partial charge is 0.263 e. The van der Waals surface area contributed by atoms with Crippen LogP contribution in [-0.2, 0) is 10.2 Å². The second kappa shape index (κ2) is 6.43. The van der Waals surface area contributed by atoms with Crippen molar-refractivity contribution < 1.29 is 9.53 Å². The first-order valence-electron chi connectivity index (χ1n) is 10.5. The van der Waals surface area contributed by atoms with Crippen molar-refractivity contribution in [1.82, 2.24) is 14.9 Å². The first-order chi connectivity index (χ1) is 13.1. The summed E-state index contributed by atoms with van der Waals surface area (Å²) in [4.78, 5) is 35.0. The number of rotatable bonds is 3. The lowest BCUT2D eigenvalue weighted by Gasteiger charge is -2.56. The summed E-state index contributed by atoms with van der Waals surface area (Å²) >= 11 is 0. The molecule has 0 atom stereocenters. The van der Waals surface area contributed by atoms with Crippen molar-refractivity contribution in [3.63, 3.8) is 0 Å². The summed E-state index contributed by atoms with van der Waals surface area (Å²) in [6.45, 7) is 1.26. The number of aromatic amines is 1. The fourth-order valence-corrected chi connectivity index (χ4v) is 6.68. The van der Waals surface area contributed by atoms with Crippen LogP contribution in [0.3, 0.4) is 0 Å². The Bertz CT molecular complexity index is 759. The molecule has 1 aromatic rings. The zero-order chi connectivity index (χ0) is 18.6. The Morgan fingerprint density at radius 3 is 2.26 bits per heavy atom. The van der Waals surface area contributed by atoms with Crippen molar-refractivity contribution in [1.29, 1.82) is 0 Å². The van der Waals surface area contributed by atoms with Crippen molar-refractivity contribution in [2.24, 2.45) is 17.8 Å². The van der Waals surface area contributed by atoms with Crippen LogP contribution in [0.4, 0.5) is 0 Å². The standard InChI is InChI=1S/C21H29N3O3/c1-27-16-2-4-24(5-3-16)19(26)17-12-22-20(23-18(17)25)21-9-13-6-14(10-21)8-15(7-13)11-21/h12-16H,2-11H2,1H3,(H,22,23,25). The highest BCUT2D eigenvalue weighted by molar-refractivity contribution is 5.93. The van der Waals surface area contributed by atoms with Crippen LogP contribution in [0, 0.1) is 17.8 Å². The molecule has 0 spiro atoms. The molecule has 4 bridgehead atoms. The van der Waals surface area contributed by atoms with Gasteiger partial charge in [-0.3, -0.25) is 9.59 Å². The highest BCUT2D eigenvalue weighted by atomic mass is 16.5. The van der Waals surface area contributed by atoms with Gasteiger partial charge < -0.3 is 14.6 Å². The number of nitrogens with zero attached hydrogens (tertiary/aromatic N) is 2. The fourth-order valence-electron chi connectivity index (χ4n) is 6.68. The van der Waals surface area contributed by atoms with Gasteiger partial charge in [-0.1, -0.05) is 0 Å². The lowest BCUT2D eigenvalue weighted by atomic mass is 9.49. The molecule has 6 heteroatoms.